The van der Waals surface area contributed by atoms with E-state index in [1.807, 2.05) is 29.7 Å². The van der Waals surface area contributed by atoms with E-state index in [2.05, 4.69) is 0 Å². The fourth-order valence-corrected chi connectivity index (χ4v) is 1.89. The first-order chi connectivity index (χ1) is 6.77. The number of hydrogen-bond acceptors (Lipinski definition) is 2. The lowest BCUT2D eigenvalue weighted by atomic mass is 10.2. The summed E-state index contributed by atoms with van der Waals surface area (Å²) in [6.45, 7) is 3.38. The zero-order chi connectivity index (χ0) is 10.1. The third-order valence-corrected chi connectivity index (χ3v) is 2.51. The van der Waals surface area contributed by atoms with Gasteiger partial charge in [-0.2, -0.15) is 0 Å². The minimum atomic E-state index is 0.323. The molecule has 0 atom stereocenters. The number of phenolic OH excluding ortho intramolecular Hbond substituents is 1. The van der Waals surface area contributed by atoms with Crippen LogP contribution in [0, 0.1) is 0 Å². The van der Waals surface area contributed by atoms with Crippen LogP contribution in [-0.2, 0) is 13.1 Å². The van der Waals surface area contributed by atoms with Gasteiger partial charge in [0.1, 0.15) is 5.75 Å². The van der Waals surface area contributed by atoms with Crippen LogP contribution < -0.4 is 5.73 Å². The Hall–Kier alpha value is -1.48. The number of nitrogens with two attached hydrogens (primary N) is 1. The number of nitrogens with zero attached hydrogens (tertiary/aromatic N) is 1. The van der Waals surface area contributed by atoms with Crippen LogP contribution in [0.3, 0.4) is 0 Å². The van der Waals surface area contributed by atoms with E-state index in [-0.39, 0.29) is 0 Å². The van der Waals surface area contributed by atoms with Crippen LogP contribution in [-0.4, -0.2) is 9.67 Å². The van der Waals surface area contributed by atoms with Gasteiger partial charge in [-0.3, -0.25) is 0 Å². The van der Waals surface area contributed by atoms with Gasteiger partial charge in [0.05, 0.1) is 5.52 Å². The largest absolute Gasteiger partial charge is 0.506 e. The number of para-hydroxylation sites is 1. The van der Waals surface area contributed by atoms with Crippen LogP contribution in [0.1, 0.15) is 12.6 Å². The van der Waals surface area contributed by atoms with Gasteiger partial charge in [0, 0.05) is 24.2 Å². The van der Waals surface area contributed by atoms with Crippen LogP contribution in [0.5, 0.6) is 5.75 Å². The predicted molar refractivity (Wildman–Crippen MR) is 57.2 cm³/mol. The molecule has 74 valence electrons. The fraction of sp³-hybridized carbons (Fsp3) is 0.273. The van der Waals surface area contributed by atoms with Crippen LogP contribution in [0.4, 0.5) is 0 Å². The standard InChI is InChI=1S/C11H14N2O/c1-2-13-9(7-12)6-8-4-3-5-10(14)11(8)13/h3-6,14H,2,7,12H2,1H3. The monoisotopic (exact) mass is 190 g/mol. The number of aryl methyl sites for hydroxylation is 1. The number of phenols is 1. The second kappa shape index (κ2) is 3.35. The second-order valence-corrected chi connectivity index (χ2v) is 3.30. The van der Waals surface area contributed by atoms with Crippen molar-refractivity contribution in [3.05, 3.63) is 30.0 Å². The van der Waals surface area contributed by atoms with Crippen LogP contribution in [0.15, 0.2) is 24.3 Å². The smallest absolute Gasteiger partial charge is 0.139 e. The van der Waals surface area contributed by atoms with Crippen molar-refractivity contribution >= 4 is 10.9 Å². The summed E-state index contributed by atoms with van der Waals surface area (Å²) in [6, 6.07) is 7.56. The van der Waals surface area contributed by atoms with E-state index in [1.54, 1.807) is 6.07 Å². The summed E-state index contributed by atoms with van der Waals surface area (Å²) >= 11 is 0. The maximum absolute atomic E-state index is 9.73. The molecule has 0 aliphatic heterocycles. The molecule has 0 saturated carbocycles. The number of aromatic nitrogens is 1. The molecule has 3 N–H and O–H groups in total. The molecule has 0 spiro atoms. The minimum Gasteiger partial charge on any atom is -0.506 e. The summed E-state index contributed by atoms with van der Waals surface area (Å²) in [5.74, 6) is 0.323. The summed E-state index contributed by atoms with van der Waals surface area (Å²) in [4.78, 5) is 0. The van der Waals surface area contributed by atoms with Crippen LogP contribution >= 0.6 is 0 Å². The van der Waals surface area contributed by atoms with Crippen LogP contribution in [0.2, 0.25) is 0 Å². The highest BCUT2D eigenvalue weighted by Gasteiger charge is 2.08. The van der Waals surface area contributed by atoms with Crippen molar-refractivity contribution in [2.24, 2.45) is 5.73 Å². The molecule has 1 heterocycles. The number of fused-ring (bicyclic) bond motifs is 1. The van der Waals surface area contributed by atoms with Gasteiger partial charge in [0.15, 0.2) is 0 Å². The Morgan fingerprint density at radius 3 is 2.86 bits per heavy atom. The van der Waals surface area contributed by atoms with Gasteiger partial charge >= 0.3 is 0 Å². The molecule has 3 nitrogen and oxygen atoms in total. The Morgan fingerprint density at radius 2 is 2.21 bits per heavy atom. The Kier molecular flexibility index (Phi) is 2.17. The number of hydrogen-bond donors (Lipinski definition) is 2. The molecule has 0 radical (unpaired) electrons. The molecule has 2 rings (SSSR count). The number of rotatable bonds is 2. The van der Waals surface area contributed by atoms with Gasteiger partial charge in [-0.1, -0.05) is 12.1 Å². The van der Waals surface area contributed by atoms with Crippen LogP contribution in [0.25, 0.3) is 10.9 Å². The van der Waals surface area contributed by atoms with E-state index in [0.29, 0.717) is 12.3 Å². The van der Waals surface area contributed by atoms with E-state index in [4.69, 9.17) is 5.73 Å². The highest BCUT2D eigenvalue weighted by atomic mass is 16.3. The first-order valence-electron chi connectivity index (χ1n) is 4.78. The van der Waals surface area contributed by atoms with E-state index in [1.165, 1.54) is 0 Å². The van der Waals surface area contributed by atoms with E-state index in [9.17, 15) is 5.11 Å². The third-order valence-electron chi connectivity index (χ3n) is 2.51. The zero-order valence-corrected chi connectivity index (χ0v) is 8.20. The molecule has 0 saturated heterocycles. The zero-order valence-electron chi connectivity index (χ0n) is 8.20. The molecule has 0 aliphatic rings. The Morgan fingerprint density at radius 1 is 1.43 bits per heavy atom. The van der Waals surface area contributed by atoms with Crippen molar-refractivity contribution in [2.45, 2.75) is 20.0 Å². The highest BCUT2D eigenvalue weighted by molar-refractivity contribution is 5.86. The summed E-state index contributed by atoms with van der Waals surface area (Å²) in [6.07, 6.45) is 0. The molecule has 0 unspecified atom stereocenters. The van der Waals surface area contributed by atoms with Gasteiger partial charge in [0.2, 0.25) is 0 Å². The molecule has 14 heavy (non-hydrogen) atoms. The molecule has 1 aromatic heterocycles. The second-order valence-electron chi connectivity index (χ2n) is 3.30. The molecule has 1 aromatic carbocycles. The topological polar surface area (TPSA) is 51.2 Å². The Bertz CT molecular complexity index is 460. The first kappa shape index (κ1) is 9.09. The van der Waals surface area contributed by atoms with Gasteiger partial charge in [-0.15, -0.1) is 0 Å². The van der Waals surface area contributed by atoms with Crippen molar-refractivity contribution in [3.8, 4) is 5.75 Å². The average Bonchev–Trinajstić information content (AvgIpc) is 2.56. The van der Waals surface area contributed by atoms with Crippen molar-refractivity contribution in [1.82, 2.24) is 4.57 Å². The van der Waals surface area contributed by atoms with Crippen molar-refractivity contribution in [2.75, 3.05) is 0 Å². The average molecular weight is 190 g/mol. The lowest BCUT2D eigenvalue weighted by Crippen LogP contribution is -2.05. The van der Waals surface area contributed by atoms with Gasteiger partial charge in [-0.05, 0) is 19.1 Å². The summed E-state index contributed by atoms with van der Waals surface area (Å²) in [5.41, 5.74) is 7.58. The fourth-order valence-electron chi connectivity index (χ4n) is 1.89. The van der Waals surface area contributed by atoms with E-state index < -0.39 is 0 Å². The molecule has 0 amide bonds. The third kappa shape index (κ3) is 1.17. The van der Waals surface area contributed by atoms with Crippen molar-refractivity contribution in [1.29, 1.82) is 0 Å². The van der Waals surface area contributed by atoms with Crippen molar-refractivity contribution in [3.63, 3.8) is 0 Å². The Labute approximate surface area is 82.8 Å². The highest BCUT2D eigenvalue weighted by Crippen LogP contribution is 2.27. The molecule has 0 aliphatic carbocycles. The number of benzene rings is 1. The molecule has 0 bridgehead atoms. The normalized spacial score (nSPS) is 11.0. The Balaban J connectivity index is 2.81. The molecule has 2 aromatic rings. The lowest BCUT2D eigenvalue weighted by molar-refractivity contribution is 0.477. The quantitative estimate of drug-likeness (QED) is 0.759. The minimum absolute atomic E-state index is 0.323. The van der Waals surface area contributed by atoms with Gasteiger partial charge < -0.3 is 15.4 Å². The molecule has 3 heteroatoms. The van der Waals surface area contributed by atoms with Gasteiger partial charge in [0.25, 0.3) is 0 Å². The number of aromatic hydroxyl groups is 1. The lowest BCUT2D eigenvalue weighted by Gasteiger charge is -2.06. The summed E-state index contributed by atoms with van der Waals surface area (Å²) in [7, 11) is 0. The molecular weight excluding hydrogens is 176 g/mol. The van der Waals surface area contributed by atoms with E-state index in [0.717, 1.165) is 23.1 Å². The SMILES string of the molecule is CCn1c(CN)cc2cccc(O)c21. The molecule has 0 fully saturated rings. The summed E-state index contributed by atoms with van der Waals surface area (Å²) in [5, 5.41) is 10.8. The van der Waals surface area contributed by atoms with Crippen molar-refractivity contribution < 1.29 is 5.11 Å². The van der Waals surface area contributed by atoms with Gasteiger partial charge in [-0.25, -0.2) is 0 Å². The maximum Gasteiger partial charge on any atom is 0.139 e. The summed E-state index contributed by atoms with van der Waals surface area (Å²) < 4.78 is 2.05. The predicted octanol–water partition coefficient (Wildman–Crippen LogP) is 1.83. The van der Waals surface area contributed by atoms with E-state index >= 15 is 0 Å². The maximum atomic E-state index is 9.73. The first-order valence-corrected chi connectivity index (χ1v) is 4.78. The molecular formula is C11H14N2O.